The first-order valence-corrected chi connectivity index (χ1v) is 7.68. The largest absolute Gasteiger partial charge is 0.396 e. The Morgan fingerprint density at radius 2 is 2.14 bits per heavy atom. The molecule has 22 heavy (non-hydrogen) atoms. The summed E-state index contributed by atoms with van der Waals surface area (Å²) in [5, 5.41) is 23.4. The number of hydrogen-bond acceptors (Lipinski definition) is 4. The van der Waals surface area contributed by atoms with Gasteiger partial charge in [0.15, 0.2) is 0 Å². The lowest BCUT2D eigenvalue weighted by Gasteiger charge is -2.30. The number of aliphatic hydroxyl groups is 1. The predicted octanol–water partition coefficient (Wildman–Crippen LogP) is 2.04. The Hall–Kier alpha value is -1.95. The van der Waals surface area contributed by atoms with Gasteiger partial charge in [0.05, 0.1) is 4.92 Å². The first-order valence-electron chi connectivity index (χ1n) is 7.68. The highest BCUT2D eigenvalue weighted by Gasteiger charge is 2.47. The number of nitrogens with one attached hydrogen (secondary N) is 1. The molecule has 1 aromatic carbocycles. The standard InChI is InChI=1S/C16H20N2O4/c1-9-6-12(18(21)22)4-5-13(9)16(20)17-15-11-3-2-10(7-11)14(15)8-19/h4-6,10-11,14-15,19H,2-3,7-8H2,1H3,(H,17,20). The van der Waals surface area contributed by atoms with E-state index in [1.165, 1.54) is 18.2 Å². The van der Waals surface area contributed by atoms with Crippen LogP contribution in [0.25, 0.3) is 0 Å². The highest BCUT2D eigenvalue weighted by Crippen LogP contribution is 2.48. The van der Waals surface area contributed by atoms with Crippen LogP contribution in [0.3, 0.4) is 0 Å². The SMILES string of the molecule is Cc1cc([N+](=O)[O-])ccc1C(=O)NC1C2CCC(C2)C1CO. The predicted molar refractivity (Wildman–Crippen MR) is 80.5 cm³/mol. The van der Waals surface area contributed by atoms with Crippen LogP contribution < -0.4 is 5.32 Å². The van der Waals surface area contributed by atoms with Crippen LogP contribution in [0.4, 0.5) is 5.69 Å². The van der Waals surface area contributed by atoms with Crippen molar-refractivity contribution in [3.05, 3.63) is 39.4 Å². The van der Waals surface area contributed by atoms with Crippen LogP contribution in [0.15, 0.2) is 18.2 Å². The fourth-order valence-corrected chi connectivity index (χ4v) is 4.14. The van der Waals surface area contributed by atoms with Crippen molar-refractivity contribution in [1.82, 2.24) is 5.32 Å². The maximum absolute atomic E-state index is 12.5. The minimum atomic E-state index is -0.466. The molecule has 2 N–H and O–H groups in total. The van der Waals surface area contributed by atoms with Crippen molar-refractivity contribution < 1.29 is 14.8 Å². The lowest BCUT2D eigenvalue weighted by atomic mass is 9.85. The number of aliphatic hydroxyl groups excluding tert-OH is 1. The van der Waals surface area contributed by atoms with E-state index in [9.17, 15) is 20.0 Å². The van der Waals surface area contributed by atoms with Gasteiger partial charge in [0.25, 0.3) is 11.6 Å². The number of fused-ring (bicyclic) bond motifs is 2. The number of carbonyl (C=O) groups is 1. The number of nitrogens with zero attached hydrogens (tertiary/aromatic N) is 1. The molecule has 2 saturated carbocycles. The maximum Gasteiger partial charge on any atom is 0.269 e. The second kappa shape index (κ2) is 5.68. The van der Waals surface area contributed by atoms with E-state index >= 15 is 0 Å². The van der Waals surface area contributed by atoms with Crippen LogP contribution >= 0.6 is 0 Å². The summed E-state index contributed by atoms with van der Waals surface area (Å²) in [6, 6.07) is 4.29. The van der Waals surface area contributed by atoms with E-state index in [0.29, 0.717) is 23.0 Å². The van der Waals surface area contributed by atoms with Crippen molar-refractivity contribution in [2.75, 3.05) is 6.61 Å². The summed E-state index contributed by atoms with van der Waals surface area (Å²) in [6.45, 7) is 1.80. The summed E-state index contributed by atoms with van der Waals surface area (Å²) in [6.07, 6.45) is 3.32. The van der Waals surface area contributed by atoms with Crippen LogP contribution in [0.2, 0.25) is 0 Å². The first-order chi connectivity index (χ1) is 10.5. The van der Waals surface area contributed by atoms with Gasteiger partial charge < -0.3 is 10.4 Å². The minimum Gasteiger partial charge on any atom is -0.396 e. The van der Waals surface area contributed by atoms with E-state index < -0.39 is 4.92 Å². The summed E-state index contributed by atoms with van der Waals surface area (Å²) in [4.78, 5) is 22.8. The molecular weight excluding hydrogens is 284 g/mol. The minimum absolute atomic E-state index is 0.0118. The van der Waals surface area contributed by atoms with Crippen LogP contribution in [0.1, 0.15) is 35.2 Å². The number of carbonyl (C=O) groups excluding carboxylic acids is 1. The van der Waals surface area contributed by atoms with Gasteiger partial charge in [0.2, 0.25) is 0 Å². The lowest BCUT2D eigenvalue weighted by Crippen LogP contribution is -2.45. The smallest absolute Gasteiger partial charge is 0.269 e. The molecule has 0 aliphatic heterocycles. The highest BCUT2D eigenvalue weighted by molar-refractivity contribution is 5.96. The Morgan fingerprint density at radius 3 is 2.77 bits per heavy atom. The number of non-ortho nitro benzene ring substituents is 1. The Kier molecular flexibility index (Phi) is 3.87. The van der Waals surface area contributed by atoms with Crippen LogP contribution in [0, 0.1) is 34.8 Å². The third kappa shape index (κ3) is 2.47. The third-order valence-corrected chi connectivity index (χ3v) is 5.26. The van der Waals surface area contributed by atoms with Gasteiger partial charge in [-0.3, -0.25) is 14.9 Å². The van der Waals surface area contributed by atoms with Crippen molar-refractivity contribution in [2.45, 2.75) is 32.2 Å². The number of hydrogen-bond donors (Lipinski definition) is 2. The van der Waals surface area contributed by atoms with Crippen molar-refractivity contribution in [2.24, 2.45) is 17.8 Å². The lowest BCUT2D eigenvalue weighted by molar-refractivity contribution is -0.384. The topological polar surface area (TPSA) is 92.5 Å². The molecule has 0 saturated heterocycles. The molecule has 2 fully saturated rings. The van der Waals surface area contributed by atoms with Gasteiger partial charge in [0, 0.05) is 36.3 Å². The number of rotatable bonds is 4. The zero-order valence-corrected chi connectivity index (χ0v) is 12.5. The van der Waals surface area contributed by atoms with Gasteiger partial charge in [-0.15, -0.1) is 0 Å². The summed E-state index contributed by atoms with van der Waals surface area (Å²) in [5.41, 5.74) is 1.04. The van der Waals surface area contributed by atoms with Crippen molar-refractivity contribution >= 4 is 11.6 Å². The zero-order valence-electron chi connectivity index (χ0n) is 12.5. The highest BCUT2D eigenvalue weighted by atomic mass is 16.6. The van der Waals surface area contributed by atoms with Crippen molar-refractivity contribution in [3.63, 3.8) is 0 Å². The summed E-state index contributed by atoms with van der Waals surface area (Å²) in [7, 11) is 0. The summed E-state index contributed by atoms with van der Waals surface area (Å²) in [5.74, 6) is 0.896. The molecule has 0 radical (unpaired) electrons. The van der Waals surface area contributed by atoms with E-state index in [1.807, 2.05) is 0 Å². The van der Waals surface area contributed by atoms with Crippen LogP contribution in [-0.4, -0.2) is 28.6 Å². The number of benzene rings is 1. The maximum atomic E-state index is 12.5. The monoisotopic (exact) mass is 304 g/mol. The average molecular weight is 304 g/mol. The molecule has 1 amide bonds. The van der Waals surface area contributed by atoms with Crippen molar-refractivity contribution in [1.29, 1.82) is 0 Å². The Labute approximate surface area is 128 Å². The first kappa shape index (κ1) is 15.0. The number of amides is 1. The van der Waals surface area contributed by atoms with E-state index in [2.05, 4.69) is 5.32 Å². The van der Waals surface area contributed by atoms with Gasteiger partial charge in [-0.25, -0.2) is 0 Å². The van der Waals surface area contributed by atoms with Gasteiger partial charge in [-0.05, 0) is 49.7 Å². The van der Waals surface area contributed by atoms with Gasteiger partial charge in [-0.2, -0.15) is 0 Å². The molecule has 6 nitrogen and oxygen atoms in total. The fraction of sp³-hybridized carbons (Fsp3) is 0.562. The normalized spacial score (nSPS) is 29.5. The molecule has 0 aromatic heterocycles. The second-order valence-corrected chi connectivity index (χ2v) is 6.44. The number of aryl methyl sites for hydroxylation is 1. The number of nitro benzene ring substituents is 1. The molecular formula is C16H20N2O4. The molecule has 2 aliphatic rings. The van der Waals surface area contributed by atoms with Gasteiger partial charge in [-0.1, -0.05) is 0 Å². The fourth-order valence-electron chi connectivity index (χ4n) is 4.14. The summed E-state index contributed by atoms with van der Waals surface area (Å²) < 4.78 is 0. The molecule has 0 heterocycles. The Morgan fingerprint density at radius 1 is 1.41 bits per heavy atom. The Bertz CT molecular complexity index is 616. The van der Waals surface area contributed by atoms with E-state index in [0.717, 1.165) is 19.3 Å². The van der Waals surface area contributed by atoms with E-state index in [4.69, 9.17) is 0 Å². The quantitative estimate of drug-likeness (QED) is 0.657. The molecule has 0 spiro atoms. The molecule has 3 rings (SSSR count). The summed E-state index contributed by atoms with van der Waals surface area (Å²) >= 11 is 0. The molecule has 2 bridgehead atoms. The average Bonchev–Trinajstić information content (AvgIpc) is 3.07. The molecule has 118 valence electrons. The molecule has 4 atom stereocenters. The van der Waals surface area contributed by atoms with Gasteiger partial charge in [0.1, 0.15) is 0 Å². The van der Waals surface area contributed by atoms with E-state index in [1.54, 1.807) is 6.92 Å². The van der Waals surface area contributed by atoms with Crippen LogP contribution in [-0.2, 0) is 0 Å². The zero-order chi connectivity index (χ0) is 15.9. The third-order valence-electron chi connectivity index (χ3n) is 5.26. The molecule has 6 heteroatoms. The van der Waals surface area contributed by atoms with Crippen LogP contribution in [0.5, 0.6) is 0 Å². The second-order valence-electron chi connectivity index (χ2n) is 6.44. The van der Waals surface area contributed by atoms with E-state index in [-0.39, 0.29) is 30.2 Å². The van der Waals surface area contributed by atoms with Crippen molar-refractivity contribution in [3.8, 4) is 0 Å². The number of nitro groups is 1. The van der Waals surface area contributed by atoms with Gasteiger partial charge >= 0.3 is 0 Å². The molecule has 1 aromatic rings. The molecule has 4 unspecified atom stereocenters. The Balaban J connectivity index is 1.76. The molecule has 2 aliphatic carbocycles.